The molecule has 0 fully saturated rings. The van der Waals surface area contributed by atoms with Crippen molar-refractivity contribution in [1.82, 2.24) is 15.3 Å². The normalized spacial score (nSPS) is 12.3. The molecule has 0 aliphatic rings. The summed E-state index contributed by atoms with van der Waals surface area (Å²) >= 11 is 0. The summed E-state index contributed by atoms with van der Waals surface area (Å²) < 4.78 is 0. The van der Waals surface area contributed by atoms with Crippen LogP contribution in [0.3, 0.4) is 0 Å². The third-order valence-electron chi connectivity index (χ3n) is 2.87. The Kier molecular flexibility index (Phi) is 5.28. The first-order chi connectivity index (χ1) is 9.13. The molecule has 1 rings (SSSR count). The molecule has 1 heterocycles. The van der Waals surface area contributed by atoms with Crippen molar-refractivity contribution in [1.29, 1.82) is 0 Å². The molecule has 4 heteroatoms. The first-order valence-electron chi connectivity index (χ1n) is 7.08. The van der Waals surface area contributed by atoms with E-state index in [-0.39, 0.29) is 11.1 Å². The van der Waals surface area contributed by atoms with Crippen LogP contribution in [0.4, 0.5) is 5.82 Å². The van der Waals surface area contributed by atoms with E-state index in [1.807, 2.05) is 18.5 Å². The molecule has 0 bridgehead atoms. The van der Waals surface area contributed by atoms with Crippen LogP contribution < -0.4 is 10.2 Å². The number of nitrogens with zero attached hydrogens (tertiary/aromatic N) is 3. The number of aromatic nitrogens is 2. The second kappa shape index (κ2) is 6.35. The van der Waals surface area contributed by atoms with Gasteiger partial charge in [-0.15, -0.1) is 6.58 Å². The quantitative estimate of drug-likeness (QED) is 0.839. The summed E-state index contributed by atoms with van der Waals surface area (Å²) in [6.07, 6.45) is 5.53. The van der Waals surface area contributed by atoms with E-state index in [4.69, 9.17) is 4.98 Å². The van der Waals surface area contributed by atoms with Gasteiger partial charge in [-0.2, -0.15) is 0 Å². The van der Waals surface area contributed by atoms with Gasteiger partial charge in [-0.1, -0.05) is 6.08 Å². The summed E-state index contributed by atoms with van der Waals surface area (Å²) in [5, 5.41) is 3.43. The zero-order valence-corrected chi connectivity index (χ0v) is 13.7. The van der Waals surface area contributed by atoms with E-state index in [1.54, 1.807) is 0 Å². The Bertz CT molecular complexity index is 441. The Balaban J connectivity index is 2.93. The Morgan fingerprint density at radius 3 is 2.35 bits per heavy atom. The van der Waals surface area contributed by atoms with Gasteiger partial charge < -0.3 is 10.2 Å². The number of anilines is 1. The average molecular weight is 276 g/mol. The SMILES string of the molecule is C=CCN(c1cncc(CNC(C)(C)C)n1)C(C)(C)C. The van der Waals surface area contributed by atoms with Crippen LogP contribution in [-0.2, 0) is 6.54 Å². The van der Waals surface area contributed by atoms with Crippen LogP contribution in [-0.4, -0.2) is 27.6 Å². The van der Waals surface area contributed by atoms with Gasteiger partial charge in [0.05, 0.1) is 11.9 Å². The molecular weight excluding hydrogens is 248 g/mol. The molecule has 0 unspecified atom stereocenters. The Labute approximate surface area is 123 Å². The monoisotopic (exact) mass is 276 g/mol. The number of rotatable bonds is 5. The minimum Gasteiger partial charge on any atom is -0.347 e. The summed E-state index contributed by atoms with van der Waals surface area (Å²) in [5.74, 6) is 0.894. The maximum atomic E-state index is 4.71. The lowest BCUT2D eigenvalue weighted by atomic mass is 10.1. The molecule has 0 atom stereocenters. The fraction of sp³-hybridized carbons (Fsp3) is 0.625. The van der Waals surface area contributed by atoms with Crippen molar-refractivity contribution in [2.45, 2.75) is 59.2 Å². The van der Waals surface area contributed by atoms with Crippen molar-refractivity contribution in [3.8, 4) is 0 Å². The van der Waals surface area contributed by atoms with Crippen LogP contribution in [0.2, 0.25) is 0 Å². The zero-order chi connectivity index (χ0) is 15.4. The molecule has 0 saturated heterocycles. The van der Waals surface area contributed by atoms with E-state index in [1.165, 1.54) is 0 Å². The molecule has 0 amide bonds. The van der Waals surface area contributed by atoms with Crippen molar-refractivity contribution < 1.29 is 0 Å². The van der Waals surface area contributed by atoms with Crippen LogP contribution in [0, 0.1) is 0 Å². The van der Waals surface area contributed by atoms with E-state index >= 15 is 0 Å². The van der Waals surface area contributed by atoms with Gasteiger partial charge in [0.2, 0.25) is 0 Å². The predicted molar refractivity (Wildman–Crippen MR) is 85.9 cm³/mol. The van der Waals surface area contributed by atoms with Crippen LogP contribution in [0.15, 0.2) is 25.0 Å². The predicted octanol–water partition coefficient (Wildman–Crippen LogP) is 3.16. The summed E-state index contributed by atoms with van der Waals surface area (Å²) in [4.78, 5) is 11.2. The fourth-order valence-corrected chi connectivity index (χ4v) is 1.81. The van der Waals surface area contributed by atoms with Crippen LogP contribution >= 0.6 is 0 Å². The highest BCUT2D eigenvalue weighted by Gasteiger charge is 2.22. The first-order valence-corrected chi connectivity index (χ1v) is 7.08. The maximum Gasteiger partial charge on any atom is 0.148 e. The summed E-state index contributed by atoms with van der Waals surface area (Å²) in [5.41, 5.74) is 1.01. The van der Waals surface area contributed by atoms with Crippen LogP contribution in [0.5, 0.6) is 0 Å². The smallest absolute Gasteiger partial charge is 0.148 e. The van der Waals surface area contributed by atoms with E-state index in [2.05, 4.69) is 63.3 Å². The molecule has 1 aromatic heterocycles. The molecular formula is C16H28N4. The molecule has 0 aliphatic heterocycles. The highest BCUT2D eigenvalue weighted by atomic mass is 15.2. The van der Waals surface area contributed by atoms with E-state index in [0.717, 1.165) is 24.6 Å². The Morgan fingerprint density at radius 2 is 1.85 bits per heavy atom. The van der Waals surface area contributed by atoms with Crippen LogP contribution in [0.1, 0.15) is 47.2 Å². The van der Waals surface area contributed by atoms with E-state index in [9.17, 15) is 0 Å². The molecule has 0 saturated carbocycles. The molecule has 0 aromatic carbocycles. The number of hydrogen-bond donors (Lipinski definition) is 1. The minimum atomic E-state index is -0.0149. The molecule has 112 valence electrons. The molecule has 1 aromatic rings. The first kappa shape index (κ1) is 16.6. The molecule has 0 spiro atoms. The van der Waals surface area contributed by atoms with Crippen molar-refractivity contribution >= 4 is 5.82 Å². The maximum absolute atomic E-state index is 4.71. The highest BCUT2D eigenvalue weighted by molar-refractivity contribution is 5.40. The summed E-state index contributed by atoms with van der Waals surface area (Å²) in [6.45, 7) is 18.2. The average Bonchev–Trinajstić information content (AvgIpc) is 2.31. The van der Waals surface area contributed by atoms with Gasteiger partial charge >= 0.3 is 0 Å². The van der Waals surface area contributed by atoms with Crippen molar-refractivity contribution in [3.05, 3.63) is 30.7 Å². The third kappa shape index (κ3) is 5.29. The summed E-state index contributed by atoms with van der Waals surface area (Å²) in [7, 11) is 0. The second-order valence-corrected chi connectivity index (χ2v) is 7.04. The van der Waals surface area contributed by atoms with E-state index in [0.29, 0.717) is 0 Å². The van der Waals surface area contributed by atoms with Gasteiger partial charge in [-0.05, 0) is 41.5 Å². The molecule has 20 heavy (non-hydrogen) atoms. The topological polar surface area (TPSA) is 41.1 Å². The molecule has 4 nitrogen and oxygen atoms in total. The molecule has 1 N–H and O–H groups in total. The standard InChI is InChI=1S/C16H28N4/c1-8-9-20(16(5,6)7)14-12-17-10-13(19-14)11-18-15(2,3)4/h8,10,12,18H,1,9,11H2,2-7H3. The highest BCUT2D eigenvalue weighted by Crippen LogP contribution is 2.21. The van der Waals surface area contributed by atoms with E-state index < -0.39 is 0 Å². The van der Waals surface area contributed by atoms with Gasteiger partial charge in [-0.25, -0.2) is 4.98 Å². The largest absolute Gasteiger partial charge is 0.347 e. The molecule has 0 radical (unpaired) electrons. The van der Waals surface area contributed by atoms with Crippen LogP contribution in [0.25, 0.3) is 0 Å². The van der Waals surface area contributed by atoms with Gasteiger partial charge in [-0.3, -0.25) is 4.98 Å². The lowest BCUT2D eigenvalue weighted by Gasteiger charge is -2.36. The van der Waals surface area contributed by atoms with Gasteiger partial charge in [0.15, 0.2) is 0 Å². The van der Waals surface area contributed by atoms with Crippen molar-refractivity contribution in [3.63, 3.8) is 0 Å². The number of nitrogens with one attached hydrogen (secondary N) is 1. The minimum absolute atomic E-state index is 0.0149. The Morgan fingerprint density at radius 1 is 1.20 bits per heavy atom. The third-order valence-corrected chi connectivity index (χ3v) is 2.87. The lowest BCUT2D eigenvalue weighted by molar-refractivity contribution is 0.420. The second-order valence-electron chi connectivity index (χ2n) is 7.04. The molecule has 0 aliphatic carbocycles. The summed E-state index contributed by atoms with van der Waals surface area (Å²) in [6, 6.07) is 0. The Hall–Kier alpha value is -1.42. The fourth-order valence-electron chi connectivity index (χ4n) is 1.81. The lowest BCUT2D eigenvalue weighted by Crippen LogP contribution is -2.42. The zero-order valence-electron chi connectivity index (χ0n) is 13.7. The number of hydrogen-bond acceptors (Lipinski definition) is 4. The van der Waals surface area contributed by atoms with Crippen molar-refractivity contribution in [2.24, 2.45) is 0 Å². The van der Waals surface area contributed by atoms with Gasteiger partial charge in [0.1, 0.15) is 5.82 Å². The van der Waals surface area contributed by atoms with Crippen molar-refractivity contribution in [2.75, 3.05) is 11.4 Å². The van der Waals surface area contributed by atoms with Gasteiger partial charge in [0.25, 0.3) is 0 Å². The van der Waals surface area contributed by atoms with Gasteiger partial charge in [0, 0.05) is 30.4 Å².